The number of para-hydroxylation sites is 2. The number of anilines is 3. The van der Waals surface area contributed by atoms with E-state index in [1.165, 1.54) is 82.6 Å². The molecule has 0 fully saturated rings. The first-order valence-corrected chi connectivity index (χ1v) is 22.7. The third kappa shape index (κ3) is 6.93. The lowest BCUT2D eigenvalue weighted by atomic mass is 9.87. The third-order valence-corrected chi connectivity index (χ3v) is 13.0. The second-order valence-electron chi connectivity index (χ2n) is 16.8. The molecule has 0 bridgehead atoms. The van der Waals surface area contributed by atoms with Gasteiger partial charge in [0.15, 0.2) is 0 Å². The van der Waals surface area contributed by atoms with E-state index in [2.05, 4.69) is 276 Å². The number of fused-ring (bicyclic) bond motifs is 4. The van der Waals surface area contributed by atoms with Crippen molar-refractivity contribution in [3.63, 3.8) is 0 Å². The number of hydrogen-bond donors (Lipinski definition) is 0. The van der Waals surface area contributed by atoms with Crippen molar-refractivity contribution in [2.24, 2.45) is 0 Å². The Hall–Kier alpha value is -8.72. The average Bonchev–Trinajstić information content (AvgIpc) is 3.74. The highest BCUT2D eigenvalue weighted by Crippen LogP contribution is 2.48. The van der Waals surface area contributed by atoms with Crippen molar-refractivity contribution < 1.29 is 0 Å². The highest BCUT2D eigenvalue weighted by atomic mass is 15.1. The summed E-state index contributed by atoms with van der Waals surface area (Å²) in [5.74, 6) is 0. The molecular weight excluding hydrogens is 797 g/mol. The van der Waals surface area contributed by atoms with Crippen molar-refractivity contribution >= 4 is 49.6 Å². The molecule has 0 saturated carbocycles. The minimum atomic E-state index is 1.07. The van der Waals surface area contributed by atoms with E-state index in [1.54, 1.807) is 0 Å². The zero-order chi connectivity index (χ0) is 43.8. The van der Waals surface area contributed by atoms with Crippen LogP contribution in [0.3, 0.4) is 0 Å². The number of hydrogen-bond acceptors (Lipinski definition) is 1. The first kappa shape index (κ1) is 38.9. The first-order valence-electron chi connectivity index (χ1n) is 22.7. The molecule has 0 aliphatic carbocycles. The van der Waals surface area contributed by atoms with E-state index in [4.69, 9.17) is 0 Å². The Morgan fingerprint density at radius 3 is 1.33 bits per heavy atom. The van der Waals surface area contributed by atoms with Crippen LogP contribution in [0.4, 0.5) is 17.1 Å². The van der Waals surface area contributed by atoms with Gasteiger partial charge in [-0.1, -0.05) is 212 Å². The highest BCUT2D eigenvalue weighted by molar-refractivity contribution is 6.09. The first-order chi connectivity index (χ1) is 32.8. The Kier molecular flexibility index (Phi) is 9.89. The summed E-state index contributed by atoms with van der Waals surface area (Å²) in [4.78, 5) is 2.44. The zero-order valence-electron chi connectivity index (χ0n) is 36.3. The van der Waals surface area contributed by atoms with Crippen molar-refractivity contribution in [2.45, 2.75) is 0 Å². The van der Waals surface area contributed by atoms with Crippen LogP contribution in [0.15, 0.2) is 267 Å². The van der Waals surface area contributed by atoms with Gasteiger partial charge < -0.3 is 9.47 Å². The van der Waals surface area contributed by atoms with Crippen LogP contribution in [0.25, 0.3) is 93.9 Å². The fourth-order valence-electron chi connectivity index (χ4n) is 9.94. The van der Waals surface area contributed by atoms with E-state index in [0.717, 1.165) is 28.3 Å². The van der Waals surface area contributed by atoms with Crippen LogP contribution in [0.1, 0.15) is 0 Å². The molecule has 11 aromatic carbocycles. The summed E-state index contributed by atoms with van der Waals surface area (Å²) in [7, 11) is 0. The van der Waals surface area contributed by atoms with Crippen LogP contribution >= 0.6 is 0 Å². The van der Waals surface area contributed by atoms with E-state index in [0.29, 0.717) is 0 Å². The molecule has 310 valence electrons. The molecular formula is C64H44N2. The molecule has 0 N–H and O–H groups in total. The van der Waals surface area contributed by atoms with Crippen LogP contribution in [0.5, 0.6) is 0 Å². The normalized spacial score (nSPS) is 11.3. The van der Waals surface area contributed by atoms with Gasteiger partial charge in [0.2, 0.25) is 0 Å². The van der Waals surface area contributed by atoms with Gasteiger partial charge in [0.1, 0.15) is 0 Å². The van der Waals surface area contributed by atoms with Crippen LogP contribution in [0, 0.1) is 0 Å². The smallest absolute Gasteiger partial charge is 0.0546 e. The fourth-order valence-corrected chi connectivity index (χ4v) is 9.94. The van der Waals surface area contributed by atoms with Gasteiger partial charge in [-0.15, -0.1) is 0 Å². The lowest BCUT2D eigenvalue weighted by Gasteiger charge is -2.30. The van der Waals surface area contributed by atoms with Crippen LogP contribution in [-0.4, -0.2) is 4.57 Å². The van der Waals surface area contributed by atoms with Crippen molar-refractivity contribution in [1.82, 2.24) is 4.57 Å². The Morgan fingerprint density at radius 1 is 0.258 bits per heavy atom. The zero-order valence-corrected chi connectivity index (χ0v) is 36.3. The summed E-state index contributed by atoms with van der Waals surface area (Å²) in [5.41, 5.74) is 18.6. The monoisotopic (exact) mass is 840 g/mol. The maximum Gasteiger partial charge on any atom is 0.0546 e. The maximum absolute atomic E-state index is 2.44. The molecule has 2 nitrogen and oxygen atoms in total. The van der Waals surface area contributed by atoms with Crippen LogP contribution in [0.2, 0.25) is 0 Å². The highest BCUT2D eigenvalue weighted by Gasteiger charge is 2.23. The standard InChI is InChI=1S/C64H44N2/c1-3-17-47(18-4-1)56-24-9-10-27-60(56)64-57(49-19-5-2-6-20-49)29-16-32-63(64)65(52-41-43-53(44-42-52)66-61-30-13-11-25-58(61)59-26-12-14-31-62(59)66)51-39-37-46(38-40-51)45-33-35-50(36-34-45)55-28-15-22-48-21-7-8-23-54(48)55/h1-44H. The van der Waals surface area contributed by atoms with Crippen LogP contribution < -0.4 is 4.90 Å². The summed E-state index contributed by atoms with van der Waals surface area (Å²) in [5, 5.41) is 5.02. The van der Waals surface area contributed by atoms with E-state index >= 15 is 0 Å². The van der Waals surface area contributed by atoms with Gasteiger partial charge >= 0.3 is 0 Å². The van der Waals surface area contributed by atoms with Gasteiger partial charge in [0.05, 0.1) is 16.7 Å². The summed E-state index contributed by atoms with van der Waals surface area (Å²) in [6, 6.07) is 96.9. The van der Waals surface area contributed by atoms with Crippen LogP contribution in [-0.2, 0) is 0 Å². The molecule has 0 aliphatic rings. The summed E-state index contributed by atoms with van der Waals surface area (Å²) in [6.45, 7) is 0. The molecule has 0 saturated heterocycles. The summed E-state index contributed by atoms with van der Waals surface area (Å²) >= 11 is 0. The predicted molar refractivity (Wildman–Crippen MR) is 280 cm³/mol. The Morgan fingerprint density at radius 2 is 0.682 bits per heavy atom. The molecule has 1 heterocycles. The third-order valence-electron chi connectivity index (χ3n) is 13.0. The second-order valence-corrected chi connectivity index (χ2v) is 16.8. The summed E-state index contributed by atoms with van der Waals surface area (Å²) < 4.78 is 2.39. The molecule has 12 rings (SSSR count). The number of aromatic nitrogens is 1. The topological polar surface area (TPSA) is 8.17 Å². The molecule has 1 aromatic heterocycles. The number of benzene rings is 11. The van der Waals surface area contributed by atoms with Gasteiger partial charge in [-0.2, -0.15) is 0 Å². The van der Waals surface area contributed by atoms with Gasteiger partial charge in [-0.25, -0.2) is 0 Å². The SMILES string of the molecule is c1ccc(-c2ccccc2-c2c(-c3ccccc3)cccc2N(c2ccc(-c3ccc(-c4cccc5ccccc45)cc3)cc2)c2ccc(-n3c4ccccc4c4ccccc43)cc2)cc1. The van der Waals surface area contributed by atoms with E-state index in [9.17, 15) is 0 Å². The minimum absolute atomic E-state index is 1.07. The largest absolute Gasteiger partial charge is 0.310 e. The molecule has 2 heteroatoms. The van der Waals surface area contributed by atoms with Crippen molar-refractivity contribution in [3.05, 3.63) is 267 Å². The quantitative estimate of drug-likeness (QED) is 0.141. The predicted octanol–water partition coefficient (Wildman–Crippen LogP) is 17.7. The number of rotatable bonds is 9. The average molecular weight is 841 g/mol. The van der Waals surface area contributed by atoms with E-state index < -0.39 is 0 Å². The summed E-state index contributed by atoms with van der Waals surface area (Å²) in [6.07, 6.45) is 0. The second kappa shape index (κ2) is 16.8. The van der Waals surface area contributed by atoms with Gasteiger partial charge in [-0.3, -0.25) is 0 Å². The lowest BCUT2D eigenvalue weighted by molar-refractivity contribution is 1.17. The number of nitrogens with zero attached hydrogens (tertiary/aromatic N) is 2. The Balaban J connectivity index is 1.02. The van der Waals surface area contributed by atoms with Crippen molar-refractivity contribution in [3.8, 4) is 61.3 Å². The molecule has 66 heavy (non-hydrogen) atoms. The van der Waals surface area contributed by atoms with Gasteiger partial charge in [-0.05, 0) is 115 Å². The Bertz CT molecular complexity index is 3600. The maximum atomic E-state index is 2.44. The van der Waals surface area contributed by atoms with Crippen molar-refractivity contribution in [1.29, 1.82) is 0 Å². The molecule has 0 aliphatic heterocycles. The van der Waals surface area contributed by atoms with Gasteiger partial charge in [0, 0.05) is 33.4 Å². The lowest BCUT2D eigenvalue weighted by Crippen LogP contribution is -2.12. The molecule has 0 amide bonds. The molecule has 0 radical (unpaired) electrons. The molecule has 12 aromatic rings. The molecule has 0 atom stereocenters. The Labute approximate surface area is 385 Å². The van der Waals surface area contributed by atoms with Gasteiger partial charge in [0.25, 0.3) is 0 Å². The molecule has 0 unspecified atom stereocenters. The minimum Gasteiger partial charge on any atom is -0.310 e. The van der Waals surface area contributed by atoms with E-state index in [1.807, 2.05) is 0 Å². The fraction of sp³-hybridized carbons (Fsp3) is 0. The van der Waals surface area contributed by atoms with E-state index in [-0.39, 0.29) is 0 Å². The van der Waals surface area contributed by atoms with Crippen molar-refractivity contribution in [2.75, 3.05) is 4.90 Å². The molecule has 0 spiro atoms.